The van der Waals surface area contributed by atoms with Crippen molar-refractivity contribution in [3.05, 3.63) is 82.9 Å². The maximum absolute atomic E-state index is 13.2. The number of allylic oxidation sites excluding steroid dienone is 3. The summed E-state index contributed by atoms with van der Waals surface area (Å²) in [5.74, 6) is 1.54. The summed E-state index contributed by atoms with van der Waals surface area (Å²) in [6, 6.07) is 10.9. The van der Waals surface area contributed by atoms with Crippen molar-refractivity contribution < 1.29 is 28.2 Å². The van der Waals surface area contributed by atoms with Crippen LogP contribution >= 0.6 is 0 Å². The third-order valence-corrected chi connectivity index (χ3v) is 8.40. The first-order valence-corrected chi connectivity index (χ1v) is 12.7. The van der Waals surface area contributed by atoms with Crippen LogP contribution in [0.1, 0.15) is 67.2 Å². The molecular weight excluding hydrogens is 465 g/mol. The minimum absolute atomic E-state index is 0.107. The van der Waals surface area contributed by atoms with Gasteiger partial charge in [0.15, 0.2) is 0 Å². The van der Waals surface area contributed by atoms with Gasteiger partial charge in [-0.05, 0) is 116 Å². The van der Waals surface area contributed by atoms with Gasteiger partial charge >= 0.3 is 12.1 Å². The fourth-order valence-corrected chi connectivity index (χ4v) is 7.33. The lowest BCUT2D eigenvalue weighted by Crippen LogP contribution is -2.48. The Morgan fingerprint density at radius 3 is 2.22 bits per heavy atom. The lowest BCUT2D eigenvalue weighted by atomic mass is 9.48. The molecule has 0 radical (unpaired) electrons. The maximum Gasteiger partial charge on any atom is 0.416 e. The number of phenols is 1. The molecule has 6 rings (SSSR count). The Morgan fingerprint density at radius 2 is 1.64 bits per heavy atom. The first kappa shape index (κ1) is 24.7. The fourth-order valence-electron chi connectivity index (χ4n) is 7.33. The largest absolute Gasteiger partial charge is 0.508 e. The second-order valence-corrected chi connectivity index (χ2v) is 11.0. The molecule has 6 heteroatoms. The van der Waals surface area contributed by atoms with Crippen LogP contribution in [0.5, 0.6) is 5.75 Å². The first-order valence-electron chi connectivity index (χ1n) is 12.7. The monoisotopic (exact) mass is 496 g/mol. The number of carboxylic acids is 1. The maximum atomic E-state index is 13.2. The molecule has 4 bridgehead atoms. The minimum atomic E-state index is -4.48. The van der Waals surface area contributed by atoms with Crippen LogP contribution in [0.3, 0.4) is 0 Å². The van der Waals surface area contributed by atoms with Gasteiger partial charge in [-0.3, -0.25) is 0 Å². The molecule has 2 aromatic carbocycles. The standard InChI is InChI=1S/C30H31F3O3/c31-30(32,33)25-6-2-5-24(15-25)23(8-10-28(35)36)4-1-3-19-7-9-26(27(34)14-19)29-16-20-11-21(17-29)13-22(12-20)18-29/h2,4-10,14-15,20-22,34H,1,3,11-13,16-18H2,(H,35,36)/b10-8?,23-4-. The molecule has 0 spiro atoms. The number of aromatic hydroxyl groups is 1. The van der Waals surface area contributed by atoms with E-state index in [1.165, 1.54) is 50.7 Å². The number of phenolic OH excluding ortho intramolecular Hbond substituents is 1. The van der Waals surface area contributed by atoms with Crippen molar-refractivity contribution in [1.29, 1.82) is 0 Å². The number of benzene rings is 2. The van der Waals surface area contributed by atoms with Gasteiger partial charge < -0.3 is 10.2 Å². The normalized spacial score (nSPS) is 27.6. The van der Waals surface area contributed by atoms with E-state index >= 15 is 0 Å². The average molecular weight is 497 g/mol. The Balaban J connectivity index is 1.33. The van der Waals surface area contributed by atoms with Crippen LogP contribution in [-0.2, 0) is 22.8 Å². The molecule has 4 saturated carbocycles. The third-order valence-electron chi connectivity index (χ3n) is 8.40. The first-order chi connectivity index (χ1) is 17.1. The predicted molar refractivity (Wildman–Crippen MR) is 132 cm³/mol. The highest BCUT2D eigenvalue weighted by Gasteiger charge is 2.52. The molecule has 0 heterocycles. The van der Waals surface area contributed by atoms with Gasteiger partial charge in [0.2, 0.25) is 0 Å². The van der Waals surface area contributed by atoms with Gasteiger partial charge in [-0.15, -0.1) is 0 Å². The lowest BCUT2D eigenvalue weighted by molar-refractivity contribution is -0.137. The summed E-state index contributed by atoms with van der Waals surface area (Å²) in [7, 11) is 0. The number of rotatable bonds is 7. The van der Waals surface area contributed by atoms with Gasteiger partial charge in [0.25, 0.3) is 0 Å². The Kier molecular flexibility index (Phi) is 6.48. The molecule has 4 aliphatic rings. The Bertz CT molecular complexity index is 1170. The molecule has 0 saturated heterocycles. The van der Waals surface area contributed by atoms with E-state index < -0.39 is 17.7 Å². The van der Waals surface area contributed by atoms with Crippen molar-refractivity contribution in [2.75, 3.05) is 0 Å². The zero-order chi connectivity index (χ0) is 25.5. The summed E-state index contributed by atoms with van der Waals surface area (Å²) < 4.78 is 39.5. The van der Waals surface area contributed by atoms with Crippen molar-refractivity contribution in [1.82, 2.24) is 0 Å². The van der Waals surface area contributed by atoms with Gasteiger partial charge in [0.1, 0.15) is 5.75 Å². The molecule has 2 aromatic rings. The average Bonchev–Trinajstić information content (AvgIpc) is 2.79. The second-order valence-electron chi connectivity index (χ2n) is 11.0. The molecule has 190 valence electrons. The van der Waals surface area contributed by atoms with Crippen LogP contribution in [0.4, 0.5) is 13.2 Å². The van der Waals surface area contributed by atoms with Gasteiger partial charge in [-0.25, -0.2) is 4.79 Å². The van der Waals surface area contributed by atoms with E-state index in [-0.39, 0.29) is 5.41 Å². The zero-order valence-corrected chi connectivity index (χ0v) is 20.1. The third kappa shape index (κ3) is 5.09. The summed E-state index contributed by atoms with van der Waals surface area (Å²) in [4.78, 5) is 11.0. The Hall–Kier alpha value is -3.02. The van der Waals surface area contributed by atoms with E-state index in [1.807, 2.05) is 6.07 Å². The van der Waals surface area contributed by atoms with E-state index in [4.69, 9.17) is 5.11 Å². The quantitative estimate of drug-likeness (QED) is 0.308. The van der Waals surface area contributed by atoms with Crippen molar-refractivity contribution in [2.24, 2.45) is 17.8 Å². The Morgan fingerprint density at radius 1 is 0.972 bits per heavy atom. The molecule has 4 aliphatic carbocycles. The number of hydrogen-bond acceptors (Lipinski definition) is 2. The van der Waals surface area contributed by atoms with Crippen LogP contribution in [0.15, 0.2) is 60.7 Å². The van der Waals surface area contributed by atoms with Crippen molar-refractivity contribution in [2.45, 2.75) is 63.0 Å². The van der Waals surface area contributed by atoms with E-state index in [2.05, 4.69) is 12.1 Å². The highest BCUT2D eigenvalue weighted by molar-refractivity contribution is 5.85. The molecule has 0 aliphatic heterocycles. The fraction of sp³-hybridized carbons (Fsp3) is 0.433. The number of aryl methyl sites for hydroxylation is 1. The van der Waals surface area contributed by atoms with Crippen LogP contribution in [-0.4, -0.2) is 16.2 Å². The topological polar surface area (TPSA) is 57.5 Å². The van der Waals surface area contributed by atoms with Gasteiger partial charge in [-0.1, -0.05) is 30.3 Å². The SMILES string of the molecule is O=C(O)C=C/C(=C/CCc1ccc(C23CC4CC(CC(C4)C2)C3)c(O)c1)c1cccc(C(F)(F)F)c1. The van der Waals surface area contributed by atoms with Gasteiger partial charge in [-0.2, -0.15) is 13.2 Å². The van der Waals surface area contributed by atoms with E-state index in [0.717, 1.165) is 47.1 Å². The molecule has 0 amide bonds. The molecular formula is C30H31F3O3. The van der Waals surface area contributed by atoms with Crippen molar-refractivity contribution in [3.63, 3.8) is 0 Å². The lowest BCUT2D eigenvalue weighted by Gasteiger charge is -2.57. The number of halogens is 3. The summed E-state index contributed by atoms with van der Waals surface area (Å²) in [6.45, 7) is 0. The molecule has 36 heavy (non-hydrogen) atoms. The predicted octanol–water partition coefficient (Wildman–Crippen LogP) is 7.54. The van der Waals surface area contributed by atoms with E-state index in [1.54, 1.807) is 12.1 Å². The molecule has 4 fully saturated rings. The molecule has 3 nitrogen and oxygen atoms in total. The molecule has 0 unspecified atom stereocenters. The van der Waals surface area contributed by atoms with Gasteiger partial charge in [0, 0.05) is 11.6 Å². The summed E-state index contributed by atoms with van der Waals surface area (Å²) in [5, 5.41) is 20.0. The number of hydrogen-bond donors (Lipinski definition) is 2. The van der Waals surface area contributed by atoms with Crippen LogP contribution in [0, 0.1) is 17.8 Å². The highest BCUT2D eigenvalue weighted by atomic mass is 19.4. The van der Waals surface area contributed by atoms with Crippen molar-refractivity contribution >= 4 is 11.5 Å². The zero-order valence-electron chi connectivity index (χ0n) is 20.1. The van der Waals surface area contributed by atoms with Crippen LogP contribution in [0.25, 0.3) is 5.57 Å². The van der Waals surface area contributed by atoms with Crippen LogP contribution in [0.2, 0.25) is 0 Å². The number of aliphatic carboxylic acids is 1. The highest BCUT2D eigenvalue weighted by Crippen LogP contribution is 2.61. The number of carboxylic acid groups (broad SMARTS) is 1. The van der Waals surface area contributed by atoms with Gasteiger partial charge in [0.05, 0.1) is 5.56 Å². The molecule has 0 atom stereocenters. The summed E-state index contributed by atoms with van der Waals surface area (Å²) in [6.07, 6.45) is 8.14. The minimum Gasteiger partial charge on any atom is -0.508 e. The second kappa shape index (κ2) is 9.45. The van der Waals surface area contributed by atoms with E-state index in [0.29, 0.717) is 29.7 Å². The number of carbonyl (C=O) groups is 1. The molecule has 2 N–H and O–H groups in total. The summed E-state index contributed by atoms with van der Waals surface area (Å²) in [5.41, 5.74) is 2.08. The number of alkyl halides is 3. The van der Waals surface area contributed by atoms with E-state index in [9.17, 15) is 23.1 Å². The van der Waals surface area contributed by atoms with Crippen molar-refractivity contribution in [3.8, 4) is 5.75 Å². The molecule has 0 aromatic heterocycles. The van der Waals surface area contributed by atoms with Crippen LogP contribution < -0.4 is 0 Å². The Labute approximate surface area is 209 Å². The summed E-state index contributed by atoms with van der Waals surface area (Å²) >= 11 is 0. The smallest absolute Gasteiger partial charge is 0.416 e.